The van der Waals surface area contributed by atoms with E-state index >= 15 is 0 Å². The molecule has 0 rings (SSSR count). The van der Waals surface area contributed by atoms with Gasteiger partial charge in [-0.1, -0.05) is 0 Å². The summed E-state index contributed by atoms with van der Waals surface area (Å²) in [6.07, 6.45) is 0.0781. The summed E-state index contributed by atoms with van der Waals surface area (Å²) >= 11 is 0. The molecular weight excluding hydrogens is 198 g/mol. The van der Waals surface area contributed by atoms with E-state index < -0.39 is 5.97 Å². The highest BCUT2D eigenvalue weighted by atomic mass is 16.5. The Labute approximate surface area is 90.0 Å². The van der Waals surface area contributed by atoms with Crippen LogP contribution in [0.2, 0.25) is 0 Å². The summed E-state index contributed by atoms with van der Waals surface area (Å²) in [7, 11) is 1.65. The number of carboxylic acids is 1. The van der Waals surface area contributed by atoms with E-state index in [0.717, 1.165) is 0 Å². The second-order valence-electron chi connectivity index (χ2n) is 3.63. The zero-order chi connectivity index (χ0) is 11.8. The topological polar surface area (TPSA) is 66.8 Å². The fraction of sp³-hybridized carbons (Fsp3) is 0.800. The van der Waals surface area contributed by atoms with Gasteiger partial charge in [-0.15, -0.1) is 0 Å². The molecule has 0 aliphatic carbocycles. The van der Waals surface area contributed by atoms with Crippen molar-refractivity contribution in [3.05, 3.63) is 0 Å². The standard InChI is InChI=1S/C10H19NO4/c1-8(2)15-7-6-11(3)9(12)4-5-10(13)14/h8H,4-7H2,1-3H3,(H,13,14). The van der Waals surface area contributed by atoms with Crippen molar-refractivity contribution in [2.24, 2.45) is 0 Å². The molecule has 0 radical (unpaired) electrons. The highest BCUT2D eigenvalue weighted by Crippen LogP contribution is 1.96. The third kappa shape index (κ3) is 7.93. The number of aliphatic carboxylic acids is 1. The molecule has 0 bridgehead atoms. The van der Waals surface area contributed by atoms with Crippen LogP contribution in [0, 0.1) is 0 Å². The molecule has 0 aliphatic heterocycles. The zero-order valence-electron chi connectivity index (χ0n) is 9.52. The molecule has 1 N–H and O–H groups in total. The summed E-state index contributed by atoms with van der Waals surface area (Å²) in [5.41, 5.74) is 0. The van der Waals surface area contributed by atoms with E-state index in [1.807, 2.05) is 13.8 Å². The lowest BCUT2D eigenvalue weighted by molar-refractivity contribution is -0.140. The number of hydrogen-bond donors (Lipinski definition) is 1. The fourth-order valence-electron chi connectivity index (χ4n) is 0.955. The predicted octanol–water partition coefficient (Wildman–Crippen LogP) is 0.735. The molecule has 88 valence electrons. The molecule has 0 aromatic carbocycles. The monoisotopic (exact) mass is 217 g/mol. The first-order chi connectivity index (χ1) is 6.93. The normalized spacial score (nSPS) is 10.4. The zero-order valence-corrected chi connectivity index (χ0v) is 9.52. The quantitative estimate of drug-likeness (QED) is 0.682. The van der Waals surface area contributed by atoms with E-state index in [2.05, 4.69) is 0 Å². The van der Waals surface area contributed by atoms with Gasteiger partial charge in [0, 0.05) is 20.0 Å². The molecule has 0 aromatic heterocycles. The summed E-state index contributed by atoms with van der Waals surface area (Å²) in [6, 6.07) is 0. The molecule has 0 heterocycles. The maximum absolute atomic E-state index is 11.3. The molecule has 0 saturated heterocycles. The van der Waals surface area contributed by atoms with E-state index in [9.17, 15) is 9.59 Å². The second kappa shape index (κ2) is 7.23. The molecule has 5 nitrogen and oxygen atoms in total. The Morgan fingerprint density at radius 2 is 1.93 bits per heavy atom. The van der Waals surface area contributed by atoms with Gasteiger partial charge in [-0.25, -0.2) is 0 Å². The van der Waals surface area contributed by atoms with E-state index in [1.54, 1.807) is 7.05 Å². The molecular formula is C10H19NO4. The Bertz CT molecular complexity index is 215. The van der Waals surface area contributed by atoms with Gasteiger partial charge < -0.3 is 14.7 Å². The third-order valence-electron chi connectivity index (χ3n) is 1.86. The van der Waals surface area contributed by atoms with Crippen LogP contribution >= 0.6 is 0 Å². The van der Waals surface area contributed by atoms with Crippen molar-refractivity contribution in [1.29, 1.82) is 0 Å². The van der Waals surface area contributed by atoms with Crippen LogP contribution in [0.1, 0.15) is 26.7 Å². The van der Waals surface area contributed by atoms with E-state index in [0.29, 0.717) is 13.2 Å². The maximum Gasteiger partial charge on any atom is 0.303 e. The van der Waals surface area contributed by atoms with Crippen LogP contribution in [0.15, 0.2) is 0 Å². The molecule has 15 heavy (non-hydrogen) atoms. The number of hydrogen-bond acceptors (Lipinski definition) is 3. The number of carbonyl (C=O) groups excluding carboxylic acids is 1. The predicted molar refractivity (Wildman–Crippen MR) is 55.6 cm³/mol. The Morgan fingerprint density at radius 1 is 1.33 bits per heavy atom. The van der Waals surface area contributed by atoms with E-state index in [1.165, 1.54) is 4.90 Å². The van der Waals surface area contributed by atoms with Gasteiger partial charge in [0.15, 0.2) is 0 Å². The van der Waals surface area contributed by atoms with Crippen LogP contribution in [0.5, 0.6) is 0 Å². The summed E-state index contributed by atoms with van der Waals surface area (Å²) in [6.45, 7) is 4.82. The van der Waals surface area contributed by atoms with Gasteiger partial charge in [0.05, 0.1) is 19.1 Å². The first-order valence-corrected chi connectivity index (χ1v) is 5.01. The van der Waals surface area contributed by atoms with Crippen LogP contribution in [0.3, 0.4) is 0 Å². The van der Waals surface area contributed by atoms with Crippen molar-refractivity contribution >= 4 is 11.9 Å². The lowest BCUT2D eigenvalue weighted by Gasteiger charge is -2.17. The summed E-state index contributed by atoms with van der Waals surface area (Å²) in [5.74, 6) is -1.11. The Balaban J connectivity index is 3.64. The van der Waals surface area contributed by atoms with Crippen LogP contribution < -0.4 is 0 Å². The van der Waals surface area contributed by atoms with Crippen molar-refractivity contribution in [3.8, 4) is 0 Å². The molecule has 1 amide bonds. The molecule has 0 aliphatic rings. The molecule has 0 spiro atoms. The number of rotatable bonds is 7. The first-order valence-electron chi connectivity index (χ1n) is 5.01. The summed E-state index contributed by atoms with van der Waals surface area (Å²) in [5, 5.41) is 8.40. The van der Waals surface area contributed by atoms with Gasteiger partial charge in [0.2, 0.25) is 5.91 Å². The summed E-state index contributed by atoms with van der Waals surface area (Å²) in [4.78, 5) is 23.1. The van der Waals surface area contributed by atoms with Gasteiger partial charge in [-0.3, -0.25) is 9.59 Å². The number of carboxylic acid groups (broad SMARTS) is 1. The molecule has 0 unspecified atom stereocenters. The Hall–Kier alpha value is -1.10. The maximum atomic E-state index is 11.3. The number of likely N-dealkylation sites (N-methyl/N-ethyl adjacent to an activating group) is 1. The smallest absolute Gasteiger partial charge is 0.303 e. The van der Waals surface area contributed by atoms with E-state index in [4.69, 9.17) is 9.84 Å². The largest absolute Gasteiger partial charge is 0.481 e. The number of ether oxygens (including phenoxy) is 1. The van der Waals surface area contributed by atoms with Gasteiger partial charge >= 0.3 is 5.97 Å². The minimum atomic E-state index is -0.949. The molecule has 0 fully saturated rings. The van der Waals surface area contributed by atoms with E-state index in [-0.39, 0.29) is 24.9 Å². The van der Waals surface area contributed by atoms with Crippen LogP contribution in [-0.4, -0.2) is 48.2 Å². The number of carbonyl (C=O) groups is 2. The number of nitrogens with zero attached hydrogens (tertiary/aromatic N) is 1. The molecule has 0 aromatic rings. The third-order valence-corrected chi connectivity index (χ3v) is 1.86. The van der Waals surface area contributed by atoms with Gasteiger partial charge in [-0.2, -0.15) is 0 Å². The highest BCUT2D eigenvalue weighted by molar-refractivity contribution is 5.80. The molecule has 0 saturated carbocycles. The van der Waals surface area contributed by atoms with Crippen LogP contribution in [0.4, 0.5) is 0 Å². The summed E-state index contributed by atoms with van der Waals surface area (Å²) < 4.78 is 5.28. The van der Waals surface area contributed by atoms with Gasteiger partial charge in [0.25, 0.3) is 0 Å². The minimum absolute atomic E-state index is 0.0491. The lowest BCUT2D eigenvalue weighted by atomic mass is 10.3. The fourth-order valence-corrected chi connectivity index (χ4v) is 0.955. The highest BCUT2D eigenvalue weighted by Gasteiger charge is 2.10. The lowest BCUT2D eigenvalue weighted by Crippen LogP contribution is -2.30. The average molecular weight is 217 g/mol. The average Bonchev–Trinajstić information content (AvgIpc) is 2.13. The SMILES string of the molecule is CC(C)OCCN(C)C(=O)CCC(=O)O. The van der Waals surface area contributed by atoms with Crippen LogP contribution in [-0.2, 0) is 14.3 Å². The molecule has 5 heteroatoms. The first kappa shape index (κ1) is 13.9. The molecule has 0 atom stereocenters. The van der Waals surface area contributed by atoms with Gasteiger partial charge in [-0.05, 0) is 13.8 Å². The number of amides is 1. The van der Waals surface area contributed by atoms with Crippen molar-refractivity contribution in [2.75, 3.05) is 20.2 Å². The van der Waals surface area contributed by atoms with Crippen molar-refractivity contribution in [3.63, 3.8) is 0 Å². The Kier molecular flexibility index (Phi) is 6.70. The van der Waals surface area contributed by atoms with Gasteiger partial charge in [0.1, 0.15) is 0 Å². The second-order valence-corrected chi connectivity index (χ2v) is 3.63. The van der Waals surface area contributed by atoms with Crippen LogP contribution in [0.25, 0.3) is 0 Å². The van der Waals surface area contributed by atoms with Crippen molar-refractivity contribution in [2.45, 2.75) is 32.8 Å². The van der Waals surface area contributed by atoms with Crippen molar-refractivity contribution in [1.82, 2.24) is 4.90 Å². The minimum Gasteiger partial charge on any atom is -0.481 e. The Morgan fingerprint density at radius 3 is 2.40 bits per heavy atom. The van der Waals surface area contributed by atoms with Crippen molar-refractivity contribution < 1.29 is 19.4 Å².